The van der Waals surface area contributed by atoms with Crippen LogP contribution in [0, 0.1) is 0 Å². The molecule has 0 saturated heterocycles. The predicted molar refractivity (Wildman–Crippen MR) is 154 cm³/mol. The van der Waals surface area contributed by atoms with E-state index in [2.05, 4.69) is 5.32 Å². The summed E-state index contributed by atoms with van der Waals surface area (Å²) in [5.74, 6) is -0.578. The second-order valence-corrected chi connectivity index (χ2v) is 11.3. The maximum Gasteiger partial charge on any atom is 0.327 e. The Balaban J connectivity index is 1.73. The molecule has 0 unspecified atom stereocenters. The van der Waals surface area contributed by atoms with Crippen molar-refractivity contribution in [3.8, 4) is 0 Å². The molecule has 0 fully saturated rings. The summed E-state index contributed by atoms with van der Waals surface area (Å²) in [7, 11) is 0. The zero-order chi connectivity index (χ0) is 26.6. The van der Waals surface area contributed by atoms with Crippen LogP contribution in [-0.4, -0.2) is 24.0 Å². The van der Waals surface area contributed by atoms with Crippen LogP contribution in [0.2, 0.25) is 10.0 Å². The predicted octanol–water partition coefficient (Wildman–Crippen LogP) is 8.25. The van der Waals surface area contributed by atoms with Crippen LogP contribution in [0.4, 0.5) is 11.4 Å². The average molecular weight is 554 g/mol. The third-order valence-electron chi connectivity index (χ3n) is 5.20. The summed E-state index contributed by atoms with van der Waals surface area (Å²) in [6.45, 7) is 5.47. The van der Waals surface area contributed by atoms with Crippen molar-refractivity contribution in [1.29, 1.82) is 0 Å². The molecule has 1 amide bonds. The maximum atomic E-state index is 12.9. The number of halogens is 2. The van der Waals surface area contributed by atoms with Gasteiger partial charge < -0.3 is 14.4 Å². The first-order valence-electron chi connectivity index (χ1n) is 11.6. The number of amides is 1. The number of esters is 1. The summed E-state index contributed by atoms with van der Waals surface area (Å²) in [6, 6.07) is 25.7. The van der Waals surface area contributed by atoms with E-state index in [9.17, 15) is 9.59 Å². The lowest BCUT2D eigenvalue weighted by Crippen LogP contribution is -2.31. The number of hydrogen-bond acceptors (Lipinski definition) is 5. The molecule has 4 aromatic rings. The molecule has 8 heteroatoms. The van der Waals surface area contributed by atoms with E-state index in [-0.39, 0.29) is 18.4 Å². The fraction of sp³-hybridized carbons (Fsp3) is 0.172. The first-order chi connectivity index (χ1) is 17.6. The van der Waals surface area contributed by atoms with Gasteiger partial charge in [0.1, 0.15) is 12.1 Å². The molecule has 0 aliphatic heterocycles. The molecular formula is C29H26Cl2N2O3S. The van der Waals surface area contributed by atoms with Gasteiger partial charge in [-0.05, 0) is 75.2 Å². The molecule has 0 bridgehead atoms. The summed E-state index contributed by atoms with van der Waals surface area (Å²) in [5, 5.41) is 5.70. The van der Waals surface area contributed by atoms with E-state index in [0.717, 1.165) is 21.4 Å². The first kappa shape index (κ1) is 26.9. The zero-order valence-electron chi connectivity index (χ0n) is 20.6. The monoisotopic (exact) mass is 552 g/mol. The van der Waals surface area contributed by atoms with Crippen molar-refractivity contribution >= 4 is 69.2 Å². The van der Waals surface area contributed by atoms with E-state index in [1.807, 2.05) is 79.7 Å². The largest absolute Gasteiger partial charge is 0.459 e. The Morgan fingerprint density at radius 1 is 0.865 bits per heavy atom. The van der Waals surface area contributed by atoms with E-state index >= 15 is 0 Å². The second kappa shape index (κ2) is 11.5. The maximum absolute atomic E-state index is 12.9. The number of carbonyl (C=O) groups is 2. The third-order valence-corrected chi connectivity index (χ3v) is 6.63. The average Bonchev–Trinajstić information content (AvgIpc) is 2.82. The zero-order valence-corrected chi connectivity index (χ0v) is 23.0. The Morgan fingerprint density at radius 3 is 2.19 bits per heavy atom. The smallest absolute Gasteiger partial charge is 0.327 e. The minimum absolute atomic E-state index is 0.0220. The van der Waals surface area contributed by atoms with Gasteiger partial charge in [0.15, 0.2) is 0 Å². The minimum atomic E-state index is -0.625. The molecule has 4 aromatic carbocycles. The number of benzene rings is 4. The van der Waals surface area contributed by atoms with Crippen LogP contribution < -0.4 is 9.62 Å². The standard InChI is InChI=1S/C29H26Cl2N2O3S/c1-29(2,3)36-27(34)18-33(37-22-16-20(30)15-21(31)17-22)26-14-8-11-23-24(26)12-7-13-25(23)32-28(35)19-9-5-4-6-10-19/h4-17H,18H2,1-3H3,(H,32,35). The van der Waals surface area contributed by atoms with Gasteiger partial charge in [0, 0.05) is 37.0 Å². The van der Waals surface area contributed by atoms with Gasteiger partial charge in [0.05, 0.1) is 5.69 Å². The molecule has 4 rings (SSSR count). The van der Waals surface area contributed by atoms with Gasteiger partial charge in [-0.2, -0.15) is 0 Å². The minimum Gasteiger partial charge on any atom is -0.459 e. The molecule has 0 radical (unpaired) electrons. The number of nitrogens with zero attached hydrogens (tertiary/aromatic N) is 1. The second-order valence-electron chi connectivity index (χ2n) is 9.32. The molecule has 0 saturated carbocycles. The van der Waals surface area contributed by atoms with Crippen LogP contribution in [0.25, 0.3) is 10.8 Å². The summed E-state index contributed by atoms with van der Waals surface area (Å²) in [6.07, 6.45) is 0. The fourth-order valence-corrected chi connectivity index (χ4v) is 5.47. The number of fused-ring (bicyclic) bond motifs is 1. The van der Waals surface area contributed by atoms with Gasteiger partial charge in [-0.15, -0.1) is 0 Å². The molecule has 0 aliphatic rings. The van der Waals surface area contributed by atoms with Gasteiger partial charge >= 0.3 is 5.97 Å². The quantitative estimate of drug-likeness (QED) is 0.184. The highest BCUT2D eigenvalue weighted by Gasteiger charge is 2.22. The van der Waals surface area contributed by atoms with Crippen molar-refractivity contribution < 1.29 is 14.3 Å². The summed E-state index contributed by atoms with van der Waals surface area (Å²) >= 11 is 13.8. The highest BCUT2D eigenvalue weighted by Crippen LogP contribution is 2.38. The molecule has 0 aromatic heterocycles. The Labute approximate surface area is 230 Å². The van der Waals surface area contributed by atoms with Gasteiger partial charge in [-0.25, -0.2) is 0 Å². The lowest BCUT2D eigenvalue weighted by Gasteiger charge is -2.27. The van der Waals surface area contributed by atoms with Crippen molar-refractivity contribution in [2.75, 3.05) is 16.2 Å². The molecule has 0 atom stereocenters. The Kier molecular flexibility index (Phi) is 8.32. The number of nitrogens with one attached hydrogen (secondary N) is 1. The van der Waals surface area contributed by atoms with Crippen LogP contribution in [0.5, 0.6) is 0 Å². The SMILES string of the molecule is CC(C)(C)OC(=O)CN(Sc1cc(Cl)cc(Cl)c1)c1cccc2c(NC(=O)c3ccccc3)cccc12. The van der Waals surface area contributed by atoms with Gasteiger partial charge in [-0.3, -0.25) is 9.59 Å². The highest BCUT2D eigenvalue weighted by atomic mass is 35.5. The van der Waals surface area contributed by atoms with E-state index in [4.69, 9.17) is 27.9 Å². The van der Waals surface area contributed by atoms with E-state index < -0.39 is 5.60 Å². The lowest BCUT2D eigenvalue weighted by atomic mass is 10.1. The lowest BCUT2D eigenvalue weighted by molar-refractivity contribution is -0.152. The number of anilines is 2. The van der Waals surface area contributed by atoms with E-state index in [1.165, 1.54) is 11.9 Å². The van der Waals surface area contributed by atoms with E-state index in [1.54, 1.807) is 30.3 Å². The summed E-state index contributed by atoms with van der Waals surface area (Å²) in [4.78, 5) is 26.5. The summed E-state index contributed by atoms with van der Waals surface area (Å²) < 4.78 is 7.46. The first-order valence-corrected chi connectivity index (χ1v) is 13.1. The Hall–Kier alpha value is -3.19. The van der Waals surface area contributed by atoms with Crippen molar-refractivity contribution in [3.05, 3.63) is 101 Å². The van der Waals surface area contributed by atoms with Crippen molar-refractivity contribution in [3.63, 3.8) is 0 Å². The molecule has 37 heavy (non-hydrogen) atoms. The highest BCUT2D eigenvalue weighted by molar-refractivity contribution is 8.00. The van der Waals surface area contributed by atoms with Crippen LogP contribution in [0.1, 0.15) is 31.1 Å². The topological polar surface area (TPSA) is 58.6 Å². The van der Waals surface area contributed by atoms with Crippen LogP contribution in [0.3, 0.4) is 0 Å². The Bertz CT molecular complexity index is 1420. The van der Waals surface area contributed by atoms with Crippen molar-refractivity contribution in [2.24, 2.45) is 0 Å². The van der Waals surface area contributed by atoms with Crippen LogP contribution in [-0.2, 0) is 9.53 Å². The molecular weight excluding hydrogens is 527 g/mol. The normalized spacial score (nSPS) is 11.3. The molecule has 1 N–H and O–H groups in total. The molecule has 0 aliphatic carbocycles. The molecule has 5 nitrogen and oxygen atoms in total. The fourth-order valence-electron chi connectivity index (χ4n) is 3.77. The van der Waals surface area contributed by atoms with Crippen LogP contribution >= 0.6 is 35.1 Å². The van der Waals surface area contributed by atoms with Crippen LogP contribution in [0.15, 0.2) is 89.8 Å². The molecule has 0 spiro atoms. The van der Waals surface area contributed by atoms with Crippen molar-refractivity contribution in [2.45, 2.75) is 31.3 Å². The number of rotatable bonds is 7. The number of ether oxygens (including phenoxy) is 1. The van der Waals surface area contributed by atoms with Gasteiger partial charge in [0.2, 0.25) is 0 Å². The number of carbonyl (C=O) groups excluding carboxylic acids is 2. The van der Waals surface area contributed by atoms with Gasteiger partial charge in [0.25, 0.3) is 5.91 Å². The Morgan fingerprint density at radius 2 is 1.51 bits per heavy atom. The van der Waals surface area contributed by atoms with Crippen molar-refractivity contribution in [1.82, 2.24) is 0 Å². The molecule has 190 valence electrons. The number of hydrogen-bond donors (Lipinski definition) is 1. The third kappa shape index (κ3) is 7.19. The molecule has 0 heterocycles. The van der Waals surface area contributed by atoms with Gasteiger partial charge in [-0.1, -0.05) is 65.7 Å². The summed E-state index contributed by atoms with van der Waals surface area (Å²) in [5.41, 5.74) is 1.39. The van der Waals surface area contributed by atoms with E-state index in [0.29, 0.717) is 21.3 Å².